The summed E-state index contributed by atoms with van der Waals surface area (Å²) in [4.78, 5) is 29.5. The predicted molar refractivity (Wildman–Crippen MR) is 112 cm³/mol. The van der Waals surface area contributed by atoms with Crippen molar-refractivity contribution in [2.45, 2.75) is 32.1 Å². The Morgan fingerprint density at radius 3 is 2.52 bits per heavy atom. The molecule has 0 atom stereocenters. The first-order chi connectivity index (χ1) is 14.0. The third kappa shape index (κ3) is 4.15. The molecule has 29 heavy (non-hydrogen) atoms. The molecule has 2 aromatic rings. The molecule has 2 aliphatic rings. The Labute approximate surface area is 175 Å². The molecule has 1 saturated heterocycles. The molecule has 0 unspecified atom stereocenters. The van der Waals surface area contributed by atoms with Crippen LogP contribution in [0.15, 0.2) is 42.5 Å². The Balaban J connectivity index is 1.44. The molecule has 4 nitrogen and oxygen atoms in total. The van der Waals surface area contributed by atoms with Crippen molar-refractivity contribution < 1.29 is 14.0 Å². The molecule has 0 aromatic heterocycles. The molecule has 0 N–H and O–H groups in total. The number of likely N-dealkylation sites (tertiary alicyclic amines) is 1. The number of amides is 2. The first-order valence-electron chi connectivity index (χ1n) is 10.2. The number of benzene rings is 2. The minimum atomic E-state index is -0.504. The molecular weight excluding hydrogens is 391 g/mol. The van der Waals surface area contributed by atoms with E-state index in [9.17, 15) is 14.0 Å². The summed E-state index contributed by atoms with van der Waals surface area (Å²) >= 11 is 6.15. The second kappa shape index (κ2) is 8.54. The Morgan fingerprint density at radius 1 is 1.00 bits per heavy atom. The molecule has 0 saturated carbocycles. The van der Waals surface area contributed by atoms with Crippen LogP contribution in [0.5, 0.6) is 0 Å². The van der Waals surface area contributed by atoms with Crippen LogP contribution in [0.25, 0.3) is 0 Å². The summed E-state index contributed by atoms with van der Waals surface area (Å²) in [6, 6.07) is 11.8. The number of aryl methyl sites for hydroxylation is 1. The van der Waals surface area contributed by atoms with Crippen molar-refractivity contribution in [1.82, 2.24) is 4.90 Å². The largest absolute Gasteiger partial charge is 0.339 e. The van der Waals surface area contributed by atoms with E-state index in [0.717, 1.165) is 30.5 Å². The molecule has 2 heterocycles. The van der Waals surface area contributed by atoms with E-state index in [4.69, 9.17) is 11.6 Å². The van der Waals surface area contributed by atoms with Crippen molar-refractivity contribution in [1.29, 1.82) is 0 Å². The Morgan fingerprint density at radius 2 is 1.76 bits per heavy atom. The topological polar surface area (TPSA) is 40.6 Å². The zero-order valence-corrected chi connectivity index (χ0v) is 17.0. The smallest absolute Gasteiger partial charge is 0.256 e. The number of nitrogens with zero attached hydrogens (tertiary/aromatic N) is 2. The van der Waals surface area contributed by atoms with Gasteiger partial charge in [0.1, 0.15) is 5.82 Å². The summed E-state index contributed by atoms with van der Waals surface area (Å²) in [6.07, 6.45) is 4.11. The first kappa shape index (κ1) is 19.9. The van der Waals surface area contributed by atoms with Gasteiger partial charge in [-0.05, 0) is 68.0 Å². The Bertz CT molecular complexity index is 925. The Kier molecular flexibility index (Phi) is 5.86. The highest BCUT2D eigenvalue weighted by atomic mass is 35.5. The van der Waals surface area contributed by atoms with Crippen molar-refractivity contribution >= 4 is 29.1 Å². The molecule has 1 fully saturated rings. The van der Waals surface area contributed by atoms with Crippen molar-refractivity contribution in [2.24, 2.45) is 5.92 Å². The average Bonchev–Trinajstić information content (AvgIpc) is 2.95. The van der Waals surface area contributed by atoms with Gasteiger partial charge in [-0.15, -0.1) is 0 Å². The predicted octanol–water partition coefficient (Wildman–Crippen LogP) is 4.70. The van der Waals surface area contributed by atoms with E-state index >= 15 is 0 Å². The fourth-order valence-corrected chi connectivity index (χ4v) is 4.50. The molecule has 0 radical (unpaired) electrons. The van der Waals surface area contributed by atoms with Gasteiger partial charge in [-0.1, -0.05) is 23.7 Å². The van der Waals surface area contributed by atoms with Gasteiger partial charge in [-0.25, -0.2) is 4.39 Å². The molecule has 2 aliphatic heterocycles. The van der Waals surface area contributed by atoms with Gasteiger partial charge in [-0.2, -0.15) is 0 Å². The zero-order chi connectivity index (χ0) is 20.4. The molecule has 0 bridgehead atoms. The van der Waals surface area contributed by atoms with Gasteiger partial charge in [0.2, 0.25) is 5.91 Å². The van der Waals surface area contributed by atoms with E-state index in [2.05, 4.69) is 0 Å². The maximum absolute atomic E-state index is 13.9. The third-order valence-electron chi connectivity index (χ3n) is 5.91. The second-order valence-electron chi connectivity index (χ2n) is 7.77. The average molecular weight is 415 g/mol. The highest BCUT2D eigenvalue weighted by Crippen LogP contribution is 2.32. The zero-order valence-electron chi connectivity index (χ0n) is 16.2. The molecule has 4 rings (SSSR count). The number of rotatable bonds is 2. The molecule has 6 heteroatoms. The first-order valence-corrected chi connectivity index (χ1v) is 10.6. The van der Waals surface area contributed by atoms with Crippen LogP contribution in [0.3, 0.4) is 0 Å². The van der Waals surface area contributed by atoms with Crippen LogP contribution >= 0.6 is 11.6 Å². The van der Waals surface area contributed by atoms with Gasteiger partial charge in [0.05, 0.1) is 5.56 Å². The highest BCUT2D eigenvalue weighted by molar-refractivity contribution is 6.30. The van der Waals surface area contributed by atoms with Crippen molar-refractivity contribution in [3.63, 3.8) is 0 Å². The molecule has 152 valence electrons. The number of halogens is 2. The van der Waals surface area contributed by atoms with Gasteiger partial charge in [0, 0.05) is 36.3 Å². The van der Waals surface area contributed by atoms with E-state index in [1.165, 1.54) is 12.1 Å². The lowest BCUT2D eigenvalue weighted by atomic mass is 9.94. The van der Waals surface area contributed by atoms with Gasteiger partial charge >= 0.3 is 0 Å². The summed E-state index contributed by atoms with van der Waals surface area (Å²) in [7, 11) is 0. The van der Waals surface area contributed by atoms with E-state index < -0.39 is 5.82 Å². The van der Waals surface area contributed by atoms with E-state index in [-0.39, 0.29) is 23.3 Å². The molecule has 2 amide bonds. The number of fused-ring (bicyclic) bond motifs is 1. The number of anilines is 1. The van der Waals surface area contributed by atoms with Crippen molar-refractivity contribution in [3.05, 3.63) is 64.4 Å². The maximum Gasteiger partial charge on any atom is 0.256 e. The number of piperidine rings is 1. The van der Waals surface area contributed by atoms with Crippen molar-refractivity contribution in [3.8, 4) is 0 Å². The van der Waals surface area contributed by atoms with Crippen LogP contribution in [0.2, 0.25) is 5.02 Å². The number of hydrogen-bond donors (Lipinski definition) is 0. The Hall–Kier alpha value is -2.40. The lowest BCUT2D eigenvalue weighted by Crippen LogP contribution is -2.45. The molecule has 0 aliphatic carbocycles. The van der Waals surface area contributed by atoms with E-state index in [1.54, 1.807) is 17.0 Å². The summed E-state index contributed by atoms with van der Waals surface area (Å²) < 4.78 is 13.9. The number of hydrogen-bond acceptors (Lipinski definition) is 2. The molecular formula is C23H24ClFN2O2. The summed E-state index contributed by atoms with van der Waals surface area (Å²) in [5.74, 6) is -0.811. The summed E-state index contributed by atoms with van der Waals surface area (Å²) in [6.45, 7) is 1.64. The van der Waals surface area contributed by atoms with Crippen molar-refractivity contribution in [2.75, 3.05) is 24.5 Å². The quantitative estimate of drug-likeness (QED) is 0.714. The minimum absolute atomic E-state index is 0.0931. The van der Waals surface area contributed by atoms with E-state index in [1.807, 2.05) is 23.1 Å². The van der Waals surface area contributed by atoms with Crippen LogP contribution in [-0.4, -0.2) is 36.3 Å². The van der Waals surface area contributed by atoms with E-state index in [0.29, 0.717) is 37.5 Å². The van der Waals surface area contributed by atoms with Crippen LogP contribution in [0.1, 0.15) is 41.6 Å². The fourth-order valence-electron chi connectivity index (χ4n) is 4.31. The molecule has 0 spiro atoms. The fraction of sp³-hybridized carbons (Fsp3) is 0.391. The van der Waals surface area contributed by atoms with Gasteiger partial charge in [-0.3, -0.25) is 9.59 Å². The van der Waals surface area contributed by atoms with Crippen LogP contribution in [0, 0.1) is 11.7 Å². The maximum atomic E-state index is 13.9. The molecule has 2 aromatic carbocycles. The normalized spacial score (nSPS) is 17.6. The van der Waals surface area contributed by atoms with Crippen LogP contribution < -0.4 is 4.90 Å². The monoisotopic (exact) mass is 414 g/mol. The third-order valence-corrected chi connectivity index (χ3v) is 6.15. The lowest BCUT2D eigenvalue weighted by Gasteiger charge is -2.34. The van der Waals surface area contributed by atoms with Crippen LogP contribution in [-0.2, 0) is 11.2 Å². The highest BCUT2D eigenvalue weighted by Gasteiger charge is 2.32. The standard InChI is InChI=1S/C23H24ClFN2O2/c24-18-8-9-21-17(15-18)5-3-4-12-27(21)22(28)16-10-13-26(14-11-16)23(29)19-6-1-2-7-20(19)25/h1-2,6-9,15-16H,3-5,10-14H2. The number of carbonyl (C=O) groups is 2. The van der Waals surface area contributed by atoms with Gasteiger partial charge < -0.3 is 9.80 Å². The summed E-state index contributed by atoms with van der Waals surface area (Å²) in [5, 5.41) is 0.693. The number of carbonyl (C=O) groups excluding carboxylic acids is 2. The second-order valence-corrected chi connectivity index (χ2v) is 8.20. The van der Waals surface area contributed by atoms with Gasteiger partial charge in [0.25, 0.3) is 5.91 Å². The summed E-state index contributed by atoms with van der Waals surface area (Å²) in [5.41, 5.74) is 2.17. The SMILES string of the molecule is O=C(c1ccccc1F)N1CCC(C(=O)N2CCCCc3cc(Cl)ccc32)CC1. The minimum Gasteiger partial charge on any atom is -0.339 e. The van der Waals surface area contributed by atoms with Gasteiger partial charge in [0.15, 0.2) is 0 Å². The lowest BCUT2D eigenvalue weighted by molar-refractivity contribution is -0.123. The van der Waals surface area contributed by atoms with Crippen LogP contribution in [0.4, 0.5) is 10.1 Å².